The van der Waals surface area contributed by atoms with Gasteiger partial charge in [-0.1, -0.05) is 18.0 Å². The Kier molecular flexibility index (Phi) is 4.67. The van der Waals surface area contributed by atoms with E-state index >= 15 is 0 Å². The van der Waals surface area contributed by atoms with E-state index in [9.17, 15) is 0 Å². The number of alkyl halides is 1. The van der Waals surface area contributed by atoms with Crippen LogP contribution in [0, 0.1) is 0 Å². The van der Waals surface area contributed by atoms with Crippen molar-refractivity contribution in [3.63, 3.8) is 0 Å². The van der Waals surface area contributed by atoms with Gasteiger partial charge < -0.3 is 9.47 Å². The zero-order valence-electron chi connectivity index (χ0n) is 12.2. The standard InChI is InChI=1S/C15H20Cl2N4/c1-11(10-20-5-3-2-4-6-20)21-14(8-16)19-13-7-12(17)9-18-15(13)21/h7,9,11H,2-6,8,10H2,1H3. The summed E-state index contributed by atoms with van der Waals surface area (Å²) in [7, 11) is 0. The summed E-state index contributed by atoms with van der Waals surface area (Å²) in [4.78, 5) is 11.5. The first-order valence-electron chi connectivity index (χ1n) is 7.49. The minimum Gasteiger partial charge on any atom is -0.308 e. The quantitative estimate of drug-likeness (QED) is 0.800. The molecule has 3 heterocycles. The van der Waals surface area contributed by atoms with Gasteiger partial charge in [-0.3, -0.25) is 0 Å². The lowest BCUT2D eigenvalue weighted by molar-refractivity contribution is 0.202. The monoisotopic (exact) mass is 326 g/mol. The van der Waals surface area contributed by atoms with Crippen LogP contribution in [-0.4, -0.2) is 39.1 Å². The van der Waals surface area contributed by atoms with Crippen LogP contribution in [0.1, 0.15) is 38.1 Å². The molecule has 2 aromatic rings. The lowest BCUT2D eigenvalue weighted by Crippen LogP contribution is -2.34. The molecule has 0 bridgehead atoms. The van der Waals surface area contributed by atoms with E-state index in [-0.39, 0.29) is 0 Å². The van der Waals surface area contributed by atoms with Crippen molar-refractivity contribution in [1.29, 1.82) is 0 Å². The van der Waals surface area contributed by atoms with Crippen molar-refractivity contribution >= 4 is 34.4 Å². The Morgan fingerprint density at radius 1 is 1.29 bits per heavy atom. The van der Waals surface area contributed by atoms with E-state index in [1.165, 1.54) is 32.4 Å². The maximum absolute atomic E-state index is 6.07. The maximum atomic E-state index is 6.07. The van der Waals surface area contributed by atoms with Gasteiger partial charge in [0.05, 0.1) is 10.9 Å². The van der Waals surface area contributed by atoms with Gasteiger partial charge in [0.1, 0.15) is 11.3 Å². The lowest BCUT2D eigenvalue weighted by Gasteiger charge is -2.30. The summed E-state index contributed by atoms with van der Waals surface area (Å²) in [6, 6.07) is 2.15. The van der Waals surface area contributed by atoms with Crippen molar-refractivity contribution in [3.8, 4) is 0 Å². The number of halogens is 2. The highest BCUT2D eigenvalue weighted by atomic mass is 35.5. The molecule has 0 saturated carbocycles. The van der Waals surface area contributed by atoms with Gasteiger partial charge >= 0.3 is 0 Å². The molecular weight excluding hydrogens is 307 g/mol. The third-order valence-electron chi connectivity index (χ3n) is 4.10. The number of pyridine rings is 1. The van der Waals surface area contributed by atoms with E-state index in [4.69, 9.17) is 23.2 Å². The van der Waals surface area contributed by atoms with Crippen LogP contribution >= 0.6 is 23.2 Å². The second-order valence-corrected chi connectivity index (χ2v) is 6.44. The molecule has 1 atom stereocenters. The topological polar surface area (TPSA) is 34.0 Å². The minimum absolute atomic E-state index is 0.301. The molecule has 0 N–H and O–H groups in total. The van der Waals surface area contributed by atoms with Crippen molar-refractivity contribution in [2.75, 3.05) is 19.6 Å². The summed E-state index contributed by atoms with van der Waals surface area (Å²) >= 11 is 12.1. The normalized spacial score (nSPS) is 18.2. The molecule has 0 aliphatic carbocycles. The van der Waals surface area contributed by atoms with Crippen LogP contribution < -0.4 is 0 Å². The first kappa shape index (κ1) is 15.1. The molecule has 1 saturated heterocycles. The van der Waals surface area contributed by atoms with Gasteiger partial charge in [-0.2, -0.15) is 0 Å². The fraction of sp³-hybridized carbons (Fsp3) is 0.600. The maximum Gasteiger partial charge on any atom is 0.160 e. The molecule has 0 amide bonds. The molecule has 1 aliphatic rings. The number of aromatic nitrogens is 3. The number of nitrogens with zero attached hydrogens (tertiary/aromatic N) is 4. The SMILES string of the molecule is CC(CN1CCCCC1)n1c(CCl)nc2cc(Cl)cnc21. The van der Waals surface area contributed by atoms with Crippen LogP contribution in [0.3, 0.4) is 0 Å². The highest BCUT2D eigenvalue weighted by molar-refractivity contribution is 6.31. The predicted molar refractivity (Wildman–Crippen MR) is 87.1 cm³/mol. The molecule has 0 radical (unpaired) electrons. The summed E-state index contributed by atoms with van der Waals surface area (Å²) in [5, 5.41) is 0.608. The predicted octanol–water partition coefficient (Wildman–Crippen LogP) is 3.87. The average molecular weight is 327 g/mol. The molecule has 0 aromatic carbocycles. The molecule has 1 unspecified atom stereocenters. The van der Waals surface area contributed by atoms with Gasteiger partial charge in [-0.05, 0) is 38.9 Å². The molecule has 114 valence electrons. The van der Waals surface area contributed by atoms with Gasteiger partial charge in [0.15, 0.2) is 5.65 Å². The summed E-state index contributed by atoms with van der Waals surface area (Å²) in [6.07, 6.45) is 5.63. The van der Waals surface area contributed by atoms with Crippen molar-refractivity contribution in [2.45, 2.75) is 38.1 Å². The number of hydrogen-bond acceptors (Lipinski definition) is 3. The molecule has 3 rings (SSSR count). The number of imidazole rings is 1. The third-order valence-corrected chi connectivity index (χ3v) is 4.55. The van der Waals surface area contributed by atoms with Gasteiger partial charge in [-0.25, -0.2) is 9.97 Å². The first-order valence-corrected chi connectivity index (χ1v) is 8.41. The average Bonchev–Trinajstić information content (AvgIpc) is 2.85. The van der Waals surface area contributed by atoms with Crippen LogP contribution in [-0.2, 0) is 5.88 Å². The van der Waals surface area contributed by atoms with Crippen LogP contribution in [0.2, 0.25) is 5.02 Å². The highest BCUT2D eigenvalue weighted by Crippen LogP contribution is 2.24. The summed E-state index contributed by atoms with van der Waals surface area (Å²) in [5.74, 6) is 1.25. The van der Waals surface area contributed by atoms with E-state index < -0.39 is 0 Å². The molecule has 21 heavy (non-hydrogen) atoms. The Morgan fingerprint density at radius 2 is 2.05 bits per heavy atom. The molecule has 0 spiro atoms. The van der Waals surface area contributed by atoms with Gasteiger partial charge in [0, 0.05) is 18.8 Å². The Balaban J connectivity index is 1.90. The zero-order valence-corrected chi connectivity index (χ0v) is 13.7. The van der Waals surface area contributed by atoms with Crippen molar-refractivity contribution in [3.05, 3.63) is 23.1 Å². The Labute approximate surface area is 135 Å². The van der Waals surface area contributed by atoms with E-state index in [0.29, 0.717) is 16.9 Å². The van der Waals surface area contributed by atoms with Crippen molar-refractivity contribution < 1.29 is 0 Å². The van der Waals surface area contributed by atoms with Gasteiger partial charge in [0.25, 0.3) is 0 Å². The van der Waals surface area contributed by atoms with Crippen LogP contribution in [0.25, 0.3) is 11.2 Å². The molecule has 2 aromatic heterocycles. The molecule has 6 heteroatoms. The Bertz CT molecular complexity index is 619. The summed E-state index contributed by atoms with van der Waals surface area (Å²) in [6.45, 7) is 5.60. The number of rotatable bonds is 4. The second-order valence-electron chi connectivity index (χ2n) is 5.74. The number of fused-ring (bicyclic) bond motifs is 1. The largest absolute Gasteiger partial charge is 0.308 e. The summed E-state index contributed by atoms with van der Waals surface area (Å²) in [5.41, 5.74) is 1.70. The number of likely N-dealkylation sites (tertiary alicyclic amines) is 1. The first-order chi connectivity index (χ1) is 10.2. The van der Waals surface area contributed by atoms with Crippen LogP contribution in [0.5, 0.6) is 0 Å². The van der Waals surface area contributed by atoms with Crippen molar-refractivity contribution in [2.24, 2.45) is 0 Å². The Hall–Kier alpha value is -0.840. The van der Waals surface area contributed by atoms with Crippen LogP contribution in [0.4, 0.5) is 0 Å². The van der Waals surface area contributed by atoms with Gasteiger partial charge in [0.2, 0.25) is 0 Å². The smallest absolute Gasteiger partial charge is 0.160 e. The zero-order chi connectivity index (χ0) is 14.8. The van der Waals surface area contributed by atoms with E-state index in [0.717, 1.165) is 23.5 Å². The minimum atomic E-state index is 0.301. The van der Waals surface area contributed by atoms with Crippen molar-refractivity contribution in [1.82, 2.24) is 19.4 Å². The third kappa shape index (κ3) is 3.17. The van der Waals surface area contributed by atoms with E-state index in [2.05, 4.69) is 26.4 Å². The molecule has 1 fully saturated rings. The molecule has 1 aliphatic heterocycles. The lowest BCUT2D eigenvalue weighted by atomic mass is 10.1. The Morgan fingerprint density at radius 3 is 2.76 bits per heavy atom. The highest BCUT2D eigenvalue weighted by Gasteiger charge is 2.20. The fourth-order valence-corrected chi connectivity index (χ4v) is 3.50. The van der Waals surface area contributed by atoms with Crippen LogP contribution in [0.15, 0.2) is 12.3 Å². The molecule has 4 nitrogen and oxygen atoms in total. The number of hydrogen-bond donors (Lipinski definition) is 0. The molecular formula is C15H20Cl2N4. The van der Waals surface area contributed by atoms with E-state index in [1.54, 1.807) is 6.20 Å². The van der Waals surface area contributed by atoms with E-state index in [1.807, 2.05) is 6.07 Å². The number of piperidine rings is 1. The summed E-state index contributed by atoms with van der Waals surface area (Å²) < 4.78 is 2.16. The fourth-order valence-electron chi connectivity index (χ4n) is 3.16. The van der Waals surface area contributed by atoms with Gasteiger partial charge in [-0.15, -0.1) is 11.6 Å². The second kappa shape index (κ2) is 6.51.